The van der Waals surface area contributed by atoms with Crippen molar-refractivity contribution < 1.29 is 0 Å². The second-order valence-corrected chi connectivity index (χ2v) is 4.76. The Kier molecular flexibility index (Phi) is 2.64. The van der Waals surface area contributed by atoms with Gasteiger partial charge in [0, 0.05) is 5.41 Å². The normalized spacial score (nSPS) is 22.2. The summed E-state index contributed by atoms with van der Waals surface area (Å²) in [6, 6.07) is 15.1. The van der Waals surface area contributed by atoms with Gasteiger partial charge >= 0.3 is 0 Å². The second kappa shape index (κ2) is 4.30. The lowest BCUT2D eigenvalue weighted by atomic mass is 9.74. The maximum atomic E-state index is 4.05. The maximum absolute atomic E-state index is 4.05. The summed E-state index contributed by atoms with van der Waals surface area (Å²) in [4.78, 5) is 0. The van der Waals surface area contributed by atoms with Crippen LogP contribution in [0.2, 0.25) is 0 Å². The van der Waals surface area contributed by atoms with Gasteiger partial charge in [-0.2, -0.15) is 0 Å². The predicted molar refractivity (Wildman–Crippen MR) is 78.7 cm³/mol. The molecule has 0 spiro atoms. The molecule has 0 radical (unpaired) electrons. The molecule has 0 saturated carbocycles. The molecule has 1 aliphatic carbocycles. The molecular weight excluding hydrogens is 216 g/mol. The number of hydrogen-bond acceptors (Lipinski definition) is 0. The summed E-state index contributed by atoms with van der Waals surface area (Å²) >= 11 is 0. The zero-order valence-corrected chi connectivity index (χ0v) is 10.3. The van der Waals surface area contributed by atoms with Crippen molar-refractivity contribution in [3.8, 4) is 0 Å². The van der Waals surface area contributed by atoms with Crippen LogP contribution >= 0.6 is 0 Å². The largest absolute Gasteiger partial charge is 0.102 e. The van der Waals surface area contributed by atoms with E-state index in [2.05, 4.69) is 79.4 Å². The lowest BCUT2D eigenvalue weighted by Crippen LogP contribution is -2.21. The Balaban J connectivity index is 2.28. The fourth-order valence-corrected chi connectivity index (χ4v) is 2.73. The third-order valence-corrected chi connectivity index (χ3v) is 3.75. The van der Waals surface area contributed by atoms with E-state index in [4.69, 9.17) is 0 Å². The highest BCUT2D eigenvalue weighted by atomic mass is 14.3. The van der Waals surface area contributed by atoms with Gasteiger partial charge in [-0.05, 0) is 22.8 Å². The van der Waals surface area contributed by atoms with E-state index in [0.717, 1.165) is 6.42 Å². The molecule has 88 valence electrons. The Labute approximate surface area is 108 Å². The first-order valence-electron chi connectivity index (χ1n) is 6.32. The third kappa shape index (κ3) is 1.62. The number of hydrogen-bond donors (Lipinski definition) is 0. The number of allylic oxidation sites excluding steroid dienone is 5. The van der Waals surface area contributed by atoms with E-state index in [0.29, 0.717) is 0 Å². The van der Waals surface area contributed by atoms with Crippen LogP contribution < -0.4 is 0 Å². The van der Waals surface area contributed by atoms with E-state index in [9.17, 15) is 0 Å². The Morgan fingerprint density at radius 1 is 1.00 bits per heavy atom. The molecule has 3 rings (SSSR count). The van der Waals surface area contributed by atoms with Crippen LogP contribution in [0.1, 0.15) is 12.0 Å². The van der Waals surface area contributed by atoms with Crippen LogP contribution in [-0.2, 0) is 5.41 Å². The molecule has 1 unspecified atom stereocenters. The molecule has 0 bridgehead atoms. The molecule has 1 atom stereocenters. The minimum atomic E-state index is -0.0599. The molecule has 1 aliphatic rings. The van der Waals surface area contributed by atoms with Gasteiger partial charge in [0.15, 0.2) is 0 Å². The first kappa shape index (κ1) is 11.0. The van der Waals surface area contributed by atoms with Crippen molar-refractivity contribution in [1.82, 2.24) is 0 Å². The summed E-state index contributed by atoms with van der Waals surface area (Å²) in [7, 11) is 0. The number of fused-ring (bicyclic) bond motifs is 1. The smallest absolute Gasteiger partial charge is 0.0353 e. The number of benzene rings is 2. The molecule has 0 saturated heterocycles. The molecule has 0 fully saturated rings. The molecule has 0 aromatic heterocycles. The van der Waals surface area contributed by atoms with Gasteiger partial charge in [-0.25, -0.2) is 0 Å². The zero-order valence-electron chi connectivity index (χ0n) is 10.3. The van der Waals surface area contributed by atoms with Crippen molar-refractivity contribution in [2.75, 3.05) is 0 Å². The molecule has 2 aromatic carbocycles. The molecule has 0 N–H and O–H groups in total. The fraction of sp³-hybridized carbons (Fsp3) is 0.111. The molecule has 0 heteroatoms. The first-order valence-corrected chi connectivity index (χ1v) is 6.32. The summed E-state index contributed by atoms with van der Waals surface area (Å²) in [5, 5.41) is 2.61. The lowest BCUT2D eigenvalue weighted by Gasteiger charge is -2.29. The monoisotopic (exact) mass is 232 g/mol. The summed E-state index contributed by atoms with van der Waals surface area (Å²) in [6.07, 6.45) is 11.7. The highest BCUT2D eigenvalue weighted by Gasteiger charge is 2.27. The third-order valence-electron chi connectivity index (χ3n) is 3.75. The van der Waals surface area contributed by atoms with Crippen molar-refractivity contribution in [2.45, 2.75) is 11.8 Å². The Bertz CT molecular complexity index is 641. The van der Waals surface area contributed by atoms with Crippen LogP contribution in [0.5, 0.6) is 0 Å². The summed E-state index contributed by atoms with van der Waals surface area (Å²) in [5.74, 6) is 0. The van der Waals surface area contributed by atoms with Gasteiger partial charge in [0.05, 0.1) is 0 Å². The second-order valence-electron chi connectivity index (χ2n) is 4.76. The molecular formula is C18H16. The Morgan fingerprint density at radius 3 is 2.61 bits per heavy atom. The van der Waals surface area contributed by atoms with Crippen LogP contribution in [0.25, 0.3) is 10.8 Å². The van der Waals surface area contributed by atoms with Crippen molar-refractivity contribution in [1.29, 1.82) is 0 Å². The molecule has 2 aromatic rings. The summed E-state index contributed by atoms with van der Waals surface area (Å²) < 4.78 is 0. The van der Waals surface area contributed by atoms with Gasteiger partial charge in [0.2, 0.25) is 0 Å². The molecule has 18 heavy (non-hydrogen) atoms. The lowest BCUT2D eigenvalue weighted by molar-refractivity contribution is 0.683. The van der Waals surface area contributed by atoms with Crippen molar-refractivity contribution in [3.05, 3.63) is 85.0 Å². The van der Waals surface area contributed by atoms with Crippen molar-refractivity contribution in [2.24, 2.45) is 0 Å². The van der Waals surface area contributed by atoms with Gasteiger partial charge in [-0.3, -0.25) is 0 Å². The van der Waals surface area contributed by atoms with Crippen LogP contribution in [0, 0.1) is 0 Å². The fourth-order valence-electron chi connectivity index (χ4n) is 2.73. The minimum absolute atomic E-state index is 0.0599. The maximum Gasteiger partial charge on any atom is 0.0353 e. The van der Waals surface area contributed by atoms with E-state index >= 15 is 0 Å². The van der Waals surface area contributed by atoms with Crippen LogP contribution in [0.4, 0.5) is 0 Å². The van der Waals surface area contributed by atoms with Crippen molar-refractivity contribution >= 4 is 10.8 Å². The molecule has 0 heterocycles. The Hall–Kier alpha value is -2.08. The van der Waals surface area contributed by atoms with Crippen LogP contribution in [0.15, 0.2) is 79.4 Å². The van der Waals surface area contributed by atoms with E-state index in [1.807, 2.05) is 0 Å². The standard InChI is InChI=1S/C18H16/c1-2-18(13-6-3-7-14-18)17-12-8-10-15-9-4-5-11-16(15)17/h2-13H,1,14H2. The minimum Gasteiger partial charge on any atom is -0.102 e. The highest BCUT2D eigenvalue weighted by Crippen LogP contribution is 2.37. The highest BCUT2D eigenvalue weighted by molar-refractivity contribution is 5.87. The summed E-state index contributed by atoms with van der Waals surface area (Å²) in [6.45, 7) is 4.05. The number of rotatable bonds is 2. The van der Waals surface area contributed by atoms with Gasteiger partial charge in [-0.15, -0.1) is 6.58 Å². The Morgan fingerprint density at radius 2 is 1.83 bits per heavy atom. The van der Waals surface area contributed by atoms with Crippen molar-refractivity contribution in [3.63, 3.8) is 0 Å². The summed E-state index contributed by atoms with van der Waals surface area (Å²) in [5.41, 5.74) is 1.28. The van der Waals surface area contributed by atoms with E-state index in [-0.39, 0.29) is 5.41 Å². The quantitative estimate of drug-likeness (QED) is 0.654. The van der Waals surface area contributed by atoms with Gasteiger partial charge in [-0.1, -0.05) is 72.8 Å². The van der Waals surface area contributed by atoms with Gasteiger partial charge in [0.1, 0.15) is 0 Å². The zero-order chi connectivity index (χ0) is 12.4. The topological polar surface area (TPSA) is 0 Å². The molecule has 0 aliphatic heterocycles. The molecule has 0 nitrogen and oxygen atoms in total. The van der Waals surface area contributed by atoms with E-state index in [1.165, 1.54) is 16.3 Å². The van der Waals surface area contributed by atoms with Gasteiger partial charge < -0.3 is 0 Å². The molecule has 0 amide bonds. The van der Waals surface area contributed by atoms with E-state index in [1.54, 1.807) is 0 Å². The van der Waals surface area contributed by atoms with Crippen LogP contribution in [0.3, 0.4) is 0 Å². The van der Waals surface area contributed by atoms with Gasteiger partial charge in [0.25, 0.3) is 0 Å². The first-order chi connectivity index (χ1) is 8.86. The van der Waals surface area contributed by atoms with E-state index < -0.39 is 0 Å². The average Bonchev–Trinajstić information content (AvgIpc) is 2.47. The predicted octanol–water partition coefficient (Wildman–Crippen LogP) is 4.78. The SMILES string of the molecule is C=CC1(c2cccc3ccccc23)C=CC=CC1. The average molecular weight is 232 g/mol. The van der Waals surface area contributed by atoms with Crippen LogP contribution in [-0.4, -0.2) is 0 Å².